The summed E-state index contributed by atoms with van der Waals surface area (Å²) in [6, 6.07) is 15.6. The number of nitrogens with one attached hydrogen (secondary N) is 1. The lowest BCUT2D eigenvalue weighted by molar-refractivity contribution is -0.134. The number of nitrogens with zero attached hydrogens (tertiary/aromatic N) is 2. The van der Waals surface area contributed by atoms with Gasteiger partial charge >= 0.3 is 0 Å². The van der Waals surface area contributed by atoms with Gasteiger partial charge in [0, 0.05) is 25.2 Å². The molecule has 0 saturated carbocycles. The molecular weight excluding hydrogens is 398 g/mol. The van der Waals surface area contributed by atoms with Crippen molar-refractivity contribution in [1.29, 1.82) is 0 Å². The number of benzene rings is 2. The van der Waals surface area contributed by atoms with Crippen LogP contribution >= 0.6 is 11.3 Å². The molecule has 1 N–H and O–H groups in total. The highest BCUT2D eigenvalue weighted by molar-refractivity contribution is 7.18. The Kier molecular flexibility index (Phi) is 6.71. The van der Waals surface area contributed by atoms with Gasteiger partial charge in [0.2, 0.25) is 11.8 Å². The Morgan fingerprint density at radius 1 is 1.07 bits per heavy atom. The third-order valence-electron chi connectivity index (χ3n) is 5.09. The van der Waals surface area contributed by atoms with Crippen molar-refractivity contribution in [3.63, 3.8) is 0 Å². The van der Waals surface area contributed by atoms with Crippen molar-refractivity contribution in [3.05, 3.63) is 59.1 Å². The second-order valence-electron chi connectivity index (χ2n) is 7.34. The Morgan fingerprint density at radius 3 is 2.60 bits per heavy atom. The number of carbonyl (C=O) groups excluding carboxylic acids is 2. The Hall–Kier alpha value is -2.77. The van der Waals surface area contributed by atoms with E-state index in [-0.39, 0.29) is 11.8 Å². The standard InChI is InChI=1S/C23H25N3O3S/c27-21(6-3-7-22-25-19-4-1-2-5-20(19)30-22)24-18-10-8-17(9-11-18)16-23(28)26-12-14-29-15-13-26/h1-2,4-5,8-11H,3,6-7,12-16H2,(H,24,27). The predicted molar refractivity (Wildman–Crippen MR) is 119 cm³/mol. The number of carbonyl (C=O) groups is 2. The van der Waals surface area contributed by atoms with Gasteiger partial charge in [0.25, 0.3) is 0 Å². The highest BCUT2D eigenvalue weighted by Gasteiger charge is 2.17. The highest BCUT2D eigenvalue weighted by Crippen LogP contribution is 2.22. The molecule has 7 heteroatoms. The highest BCUT2D eigenvalue weighted by atomic mass is 32.1. The van der Waals surface area contributed by atoms with Gasteiger partial charge < -0.3 is 15.0 Å². The second-order valence-corrected chi connectivity index (χ2v) is 8.46. The summed E-state index contributed by atoms with van der Waals surface area (Å²) < 4.78 is 6.47. The largest absolute Gasteiger partial charge is 0.378 e. The van der Waals surface area contributed by atoms with E-state index in [4.69, 9.17) is 4.74 Å². The van der Waals surface area contributed by atoms with E-state index in [1.54, 1.807) is 11.3 Å². The van der Waals surface area contributed by atoms with Gasteiger partial charge in [-0.1, -0.05) is 24.3 Å². The number of aromatic nitrogens is 1. The van der Waals surface area contributed by atoms with Crippen LogP contribution in [0.15, 0.2) is 48.5 Å². The fraction of sp³-hybridized carbons (Fsp3) is 0.348. The summed E-state index contributed by atoms with van der Waals surface area (Å²) in [5.41, 5.74) is 2.72. The van der Waals surface area contributed by atoms with Crippen LogP contribution in [0.2, 0.25) is 0 Å². The molecule has 0 aliphatic carbocycles. The number of para-hydroxylation sites is 1. The molecule has 0 atom stereocenters. The van der Waals surface area contributed by atoms with E-state index in [0.29, 0.717) is 39.1 Å². The van der Waals surface area contributed by atoms with Crippen molar-refractivity contribution in [3.8, 4) is 0 Å². The van der Waals surface area contributed by atoms with Crippen LogP contribution in [0.1, 0.15) is 23.4 Å². The van der Waals surface area contributed by atoms with Crippen molar-refractivity contribution in [2.75, 3.05) is 31.6 Å². The molecule has 156 valence electrons. The summed E-state index contributed by atoms with van der Waals surface area (Å²) in [7, 11) is 0. The Morgan fingerprint density at radius 2 is 1.83 bits per heavy atom. The van der Waals surface area contributed by atoms with Gasteiger partial charge in [0.15, 0.2) is 0 Å². The monoisotopic (exact) mass is 423 g/mol. The van der Waals surface area contributed by atoms with E-state index in [1.165, 1.54) is 4.70 Å². The van der Waals surface area contributed by atoms with Crippen LogP contribution in [0.3, 0.4) is 0 Å². The molecule has 1 aliphatic rings. The van der Waals surface area contributed by atoms with Gasteiger partial charge in [-0.05, 0) is 42.7 Å². The Balaban J connectivity index is 1.21. The molecule has 0 radical (unpaired) electrons. The summed E-state index contributed by atoms with van der Waals surface area (Å²) in [5.74, 6) is 0.109. The molecule has 0 bridgehead atoms. The molecule has 0 spiro atoms. The zero-order valence-electron chi connectivity index (χ0n) is 16.8. The molecule has 3 aromatic rings. The molecule has 4 rings (SSSR count). The first-order valence-electron chi connectivity index (χ1n) is 10.3. The number of hydrogen-bond donors (Lipinski definition) is 1. The molecule has 1 aliphatic heterocycles. The van der Waals surface area contributed by atoms with Gasteiger partial charge in [-0.2, -0.15) is 0 Å². The van der Waals surface area contributed by atoms with Gasteiger partial charge in [0.05, 0.1) is 34.9 Å². The van der Waals surface area contributed by atoms with Crippen LogP contribution in [0.5, 0.6) is 0 Å². The number of anilines is 1. The van der Waals surface area contributed by atoms with E-state index < -0.39 is 0 Å². The lowest BCUT2D eigenvalue weighted by Crippen LogP contribution is -2.41. The minimum atomic E-state index is -0.00625. The first kappa shape index (κ1) is 20.5. The molecule has 0 unspecified atom stereocenters. The maximum atomic E-state index is 12.3. The van der Waals surface area contributed by atoms with Crippen LogP contribution in [0.4, 0.5) is 5.69 Å². The fourth-order valence-corrected chi connectivity index (χ4v) is 4.46. The summed E-state index contributed by atoms with van der Waals surface area (Å²) in [6.45, 7) is 2.53. The number of amides is 2. The van der Waals surface area contributed by atoms with Crippen molar-refractivity contribution >= 4 is 39.1 Å². The Labute approximate surface area is 179 Å². The van der Waals surface area contributed by atoms with Crippen molar-refractivity contribution in [2.45, 2.75) is 25.7 Å². The van der Waals surface area contributed by atoms with Gasteiger partial charge in [-0.3, -0.25) is 9.59 Å². The first-order valence-corrected chi connectivity index (χ1v) is 11.1. The van der Waals surface area contributed by atoms with Crippen LogP contribution in [-0.2, 0) is 27.2 Å². The maximum absolute atomic E-state index is 12.3. The third kappa shape index (κ3) is 5.43. The minimum Gasteiger partial charge on any atom is -0.378 e. The lowest BCUT2D eigenvalue weighted by Gasteiger charge is -2.26. The van der Waals surface area contributed by atoms with E-state index in [1.807, 2.05) is 47.4 Å². The number of aryl methyl sites for hydroxylation is 1. The minimum absolute atomic E-state index is 0.00625. The molecule has 1 saturated heterocycles. The molecule has 2 aromatic carbocycles. The summed E-state index contributed by atoms with van der Waals surface area (Å²) in [4.78, 5) is 31.0. The number of thiazole rings is 1. The molecule has 1 fully saturated rings. The van der Waals surface area contributed by atoms with Crippen molar-refractivity contribution in [1.82, 2.24) is 9.88 Å². The molecule has 30 heavy (non-hydrogen) atoms. The van der Waals surface area contributed by atoms with Crippen LogP contribution < -0.4 is 5.32 Å². The lowest BCUT2D eigenvalue weighted by atomic mass is 10.1. The number of hydrogen-bond acceptors (Lipinski definition) is 5. The van der Waals surface area contributed by atoms with Crippen LogP contribution in [-0.4, -0.2) is 48.0 Å². The molecule has 2 heterocycles. The van der Waals surface area contributed by atoms with Gasteiger partial charge in [-0.15, -0.1) is 11.3 Å². The zero-order chi connectivity index (χ0) is 20.8. The summed E-state index contributed by atoms with van der Waals surface area (Å²) >= 11 is 1.69. The number of fused-ring (bicyclic) bond motifs is 1. The quantitative estimate of drug-likeness (QED) is 0.630. The van der Waals surface area contributed by atoms with E-state index >= 15 is 0 Å². The van der Waals surface area contributed by atoms with E-state index in [2.05, 4.69) is 16.4 Å². The van der Waals surface area contributed by atoms with Crippen LogP contribution in [0.25, 0.3) is 10.2 Å². The van der Waals surface area contributed by atoms with E-state index in [0.717, 1.165) is 34.6 Å². The van der Waals surface area contributed by atoms with Crippen molar-refractivity contribution in [2.24, 2.45) is 0 Å². The normalized spacial score (nSPS) is 14.1. The summed E-state index contributed by atoms with van der Waals surface area (Å²) in [6.07, 6.45) is 2.39. The zero-order valence-corrected chi connectivity index (χ0v) is 17.6. The van der Waals surface area contributed by atoms with Gasteiger partial charge in [0.1, 0.15) is 0 Å². The third-order valence-corrected chi connectivity index (χ3v) is 6.19. The van der Waals surface area contributed by atoms with Crippen molar-refractivity contribution < 1.29 is 14.3 Å². The number of rotatable bonds is 7. The molecule has 2 amide bonds. The average Bonchev–Trinajstić information content (AvgIpc) is 3.18. The van der Waals surface area contributed by atoms with Gasteiger partial charge in [-0.25, -0.2) is 4.98 Å². The SMILES string of the molecule is O=C(CCCc1nc2ccccc2s1)Nc1ccc(CC(=O)N2CCOCC2)cc1. The second kappa shape index (κ2) is 9.82. The average molecular weight is 424 g/mol. The number of ether oxygens (including phenoxy) is 1. The topological polar surface area (TPSA) is 71.5 Å². The van der Waals surface area contributed by atoms with E-state index in [9.17, 15) is 9.59 Å². The molecule has 1 aromatic heterocycles. The maximum Gasteiger partial charge on any atom is 0.227 e. The number of morpholine rings is 1. The van der Waals surface area contributed by atoms with Crippen LogP contribution in [0, 0.1) is 0 Å². The molecule has 6 nitrogen and oxygen atoms in total. The Bertz CT molecular complexity index is 977. The summed E-state index contributed by atoms with van der Waals surface area (Å²) in [5, 5.41) is 4.00. The predicted octanol–water partition coefficient (Wildman–Crippen LogP) is 3.66. The first-order chi connectivity index (χ1) is 14.7. The molecular formula is C23H25N3O3S. The fourth-order valence-electron chi connectivity index (χ4n) is 3.46. The smallest absolute Gasteiger partial charge is 0.227 e.